The van der Waals surface area contributed by atoms with E-state index in [0.29, 0.717) is 25.2 Å². The summed E-state index contributed by atoms with van der Waals surface area (Å²) in [5.41, 5.74) is -4.21. The fourth-order valence-corrected chi connectivity index (χ4v) is 9.41. The molecule has 1 aliphatic carbocycles. The van der Waals surface area contributed by atoms with Gasteiger partial charge >= 0.3 is 5.97 Å². The zero-order valence-corrected chi connectivity index (χ0v) is 25.3. The number of rotatable bonds is 1. The number of epoxide rings is 3. The van der Waals surface area contributed by atoms with Gasteiger partial charge in [0.25, 0.3) is 0 Å². The average molecular weight is 591 g/mol. The van der Waals surface area contributed by atoms with Gasteiger partial charge in [-0.1, -0.05) is 32.9 Å². The average Bonchev–Trinajstić information content (AvgIpc) is 3.86. The van der Waals surface area contributed by atoms with Crippen molar-refractivity contribution in [3.63, 3.8) is 0 Å². The van der Waals surface area contributed by atoms with Crippen molar-refractivity contribution in [2.75, 3.05) is 6.61 Å². The minimum absolute atomic E-state index is 0.0558. The number of hydrogen-bond donors (Lipinski definition) is 2. The van der Waals surface area contributed by atoms with Gasteiger partial charge in [-0.05, 0) is 44.9 Å². The maximum atomic E-state index is 14.3. The number of carbonyl (C=O) groups is 1. The summed E-state index contributed by atoms with van der Waals surface area (Å²) < 4.78 is 44.3. The zero-order chi connectivity index (χ0) is 29.4. The molecule has 2 N–H and O–H groups in total. The second-order valence-corrected chi connectivity index (χ2v) is 15.1. The summed E-state index contributed by atoms with van der Waals surface area (Å²) in [6.07, 6.45) is 5.34. The van der Waals surface area contributed by atoms with E-state index in [0.717, 1.165) is 25.7 Å². The Labute approximate surface area is 247 Å². The maximum Gasteiger partial charge on any atom is 0.315 e. The monoisotopic (exact) mass is 590 g/mol. The molecule has 16 atom stereocenters. The van der Waals surface area contributed by atoms with Gasteiger partial charge in [-0.15, -0.1) is 0 Å². The molecule has 0 aromatic heterocycles. The van der Waals surface area contributed by atoms with Crippen LogP contribution >= 0.6 is 0 Å². The molecule has 8 aliphatic rings. The molecule has 234 valence electrons. The summed E-state index contributed by atoms with van der Waals surface area (Å²) in [5, 5.41) is 23.7. The van der Waals surface area contributed by atoms with Crippen LogP contribution in [-0.4, -0.2) is 99.8 Å². The molecule has 2 spiro atoms. The van der Waals surface area contributed by atoms with Gasteiger partial charge in [0.2, 0.25) is 0 Å². The molecule has 7 aliphatic heterocycles. The van der Waals surface area contributed by atoms with Gasteiger partial charge in [0.15, 0.2) is 11.4 Å². The van der Waals surface area contributed by atoms with Gasteiger partial charge in [-0.2, -0.15) is 0 Å². The molecular formula is C32H46O10. The van der Waals surface area contributed by atoms with Crippen LogP contribution in [0.4, 0.5) is 0 Å². The Kier molecular flexibility index (Phi) is 6.08. The molecule has 8 rings (SSSR count). The second kappa shape index (κ2) is 9.00. The van der Waals surface area contributed by atoms with E-state index in [9.17, 15) is 15.0 Å². The summed E-state index contributed by atoms with van der Waals surface area (Å²) in [5.74, 6) is -1.81. The van der Waals surface area contributed by atoms with Crippen LogP contribution in [0.2, 0.25) is 0 Å². The molecule has 1 saturated carbocycles. The highest BCUT2D eigenvalue weighted by molar-refractivity contribution is 5.77. The first-order valence-corrected chi connectivity index (χ1v) is 16.2. The van der Waals surface area contributed by atoms with Gasteiger partial charge in [-0.25, -0.2) is 0 Å². The Morgan fingerprint density at radius 1 is 0.976 bits per heavy atom. The number of aliphatic hydroxyl groups is 2. The van der Waals surface area contributed by atoms with Crippen molar-refractivity contribution >= 4 is 5.97 Å². The van der Waals surface area contributed by atoms with Crippen LogP contribution in [0, 0.1) is 17.8 Å². The molecule has 7 heterocycles. The van der Waals surface area contributed by atoms with E-state index in [1.165, 1.54) is 0 Å². The van der Waals surface area contributed by atoms with E-state index < -0.39 is 65.0 Å². The Morgan fingerprint density at radius 3 is 2.57 bits per heavy atom. The highest BCUT2D eigenvalue weighted by atomic mass is 16.7. The third-order valence-electron chi connectivity index (χ3n) is 12.1. The molecule has 0 aromatic rings. The smallest absolute Gasteiger partial charge is 0.315 e. The van der Waals surface area contributed by atoms with E-state index in [2.05, 4.69) is 33.8 Å². The van der Waals surface area contributed by atoms with Crippen molar-refractivity contribution in [3.8, 4) is 0 Å². The van der Waals surface area contributed by atoms with Crippen LogP contribution in [0.5, 0.6) is 0 Å². The SMILES string of the molecule is CC[C@H]1O[C@]2(CC[C@@H]1C)C[C@@H]1C[C@@H](C[C@@H]3O[C@@]3(C)C[C@@H](C)/C=C\[C@@H]3O[C@]34CO[C@@H]3[C@H](O)[C@]5(C)O[C@@H]5[C@@H](C(=O)O1)[C@@]34O)O2. The zero-order valence-electron chi connectivity index (χ0n) is 25.3. The fourth-order valence-electron chi connectivity index (χ4n) is 9.41. The normalized spacial score (nSPS) is 62.2. The van der Waals surface area contributed by atoms with E-state index in [4.69, 9.17) is 33.2 Å². The Hall–Kier alpha value is -1.11. The van der Waals surface area contributed by atoms with Crippen molar-refractivity contribution in [3.05, 3.63) is 12.2 Å². The second-order valence-electron chi connectivity index (χ2n) is 15.1. The van der Waals surface area contributed by atoms with Gasteiger partial charge in [0.1, 0.15) is 47.6 Å². The summed E-state index contributed by atoms with van der Waals surface area (Å²) in [4.78, 5) is 14.3. The van der Waals surface area contributed by atoms with E-state index in [-0.39, 0.29) is 36.4 Å². The minimum atomic E-state index is -1.80. The van der Waals surface area contributed by atoms with Gasteiger partial charge in [0.05, 0.1) is 30.5 Å². The first-order chi connectivity index (χ1) is 19.9. The van der Waals surface area contributed by atoms with E-state index in [1.54, 1.807) is 6.92 Å². The lowest BCUT2D eigenvalue weighted by Gasteiger charge is -2.50. The quantitative estimate of drug-likeness (QED) is 0.267. The first kappa shape index (κ1) is 28.4. The van der Waals surface area contributed by atoms with Gasteiger partial charge < -0.3 is 43.4 Å². The van der Waals surface area contributed by atoms with Crippen molar-refractivity contribution < 1.29 is 48.2 Å². The molecular weight excluding hydrogens is 544 g/mol. The number of ether oxygens (including phenoxy) is 7. The number of fused-ring (bicyclic) bond motifs is 5. The van der Waals surface area contributed by atoms with Crippen molar-refractivity contribution in [1.29, 1.82) is 0 Å². The topological polar surface area (TPSA) is 132 Å². The number of esters is 1. The summed E-state index contributed by atoms with van der Waals surface area (Å²) in [6.45, 7) is 10.5. The number of hydrogen-bond acceptors (Lipinski definition) is 10. The highest BCUT2D eigenvalue weighted by Gasteiger charge is 2.87. The lowest BCUT2D eigenvalue weighted by molar-refractivity contribution is -0.336. The Balaban J connectivity index is 1.15. The Bertz CT molecular complexity index is 1180. The number of aliphatic hydroxyl groups excluding tert-OH is 1. The Morgan fingerprint density at radius 2 is 1.79 bits per heavy atom. The number of carbonyl (C=O) groups excluding carboxylic acids is 1. The van der Waals surface area contributed by atoms with Crippen molar-refractivity contribution in [2.24, 2.45) is 17.8 Å². The van der Waals surface area contributed by atoms with Crippen LogP contribution < -0.4 is 0 Å². The molecule has 10 heteroatoms. The van der Waals surface area contributed by atoms with Crippen LogP contribution in [0.1, 0.15) is 79.6 Å². The lowest BCUT2D eigenvalue weighted by atomic mass is 9.63. The third-order valence-corrected chi connectivity index (χ3v) is 12.1. The van der Waals surface area contributed by atoms with Crippen molar-refractivity contribution in [1.82, 2.24) is 0 Å². The standard InChI is InChI=1S/C32H46O10/c1-6-20-17(3)9-10-30(39-20)14-19-11-18(38-30)12-22-28(4,40-22)13-16(2)7-8-21-31(41-21)15-36-26-24(33)29(5)25(42-29)23(27(34)37-19)32(26,31)35/h7-8,16-26,33,35H,6,9-15H2,1-5H3/b8-7-/t16-,17-,18-,19-,20+,21-,22-,23-,24-,25+,26+,28-,29-,30+,31+,32+/m0/s1. The fraction of sp³-hybridized carbons (Fsp3) is 0.906. The minimum Gasteiger partial charge on any atom is -0.462 e. The van der Waals surface area contributed by atoms with E-state index >= 15 is 0 Å². The van der Waals surface area contributed by atoms with Gasteiger partial charge in [0, 0.05) is 25.7 Å². The first-order valence-electron chi connectivity index (χ1n) is 16.2. The van der Waals surface area contributed by atoms with Crippen LogP contribution in [-0.2, 0) is 38.0 Å². The highest BCUT2D eigenvalue weighted by Crippen LogP contribution is 2.66. The number of allylic oxidation sites excluding steroid dienone is 1. The van der Waals surface area contributed by atoms with Crippen LogP contribution in [0.3, 0.4) is 0 Å². The largest absolute Gasteiger partial charge is 0.462 e. The summed E-state index contributed by atoms with van der Waals surface area (Å²) in [7, 11) is 0. The van der Waals surface area contributed by atoms with E-state index in [1.807, 2.05) is 6.08 Å². The molecule has 10 nitrogen and oxygen atoms in total. The predicted octanol–water partition coefficient (Wildman–Crippen LogP) is 2.56. The molecule has 2 bridgehead atoms. The maximum absolute atomic E-state index is 14.3. The molecule has 6 saturated heterocycles. The lowest BCUT2D eigenvalue weighted by Crippen LogP contribution is -2.69. The summed E-state index contributed by atoms with van der Waals surface area (Å²) >= 11 is 0. The predicted molar refractivity (Wildman–Crippen MR) is 146 cm³/mol. The molecule has 0 unspecified atom stereocenters. The van der Waals surface area contributed by atoms with Crippen molar-refractivity contribution in [2.45, 2.75) is 157 Å². The van der Waals surface area contributed by atoms with Gasteiger partial charge in [-0.3, -0.25) is 4.79 Å². The molecule has 0 amide bonds. The summed E-state index contributed by atoms with van der Waals surface area (Å²) in [6, 6.07) is 0. The van der Waals surface area contributed by atoms with Crippen LogP contribution in [0.25, 0.3) is 0 Å². The van der Waals surface area contributed by atoms with Crippen LogP contribution in [0.15, 0.2) is 12.2 Å². The molecule has 7 fully saturated rings. The molecule has 0 radical (unpaired) electrons. The molecule has 0 aromatic carbocycles. The third kappa shape index (κ3) is 3.88. The molecule has 42 heavy (non-hydrogen) atoms.